The number of thiol groups is 1. The average Bonchev–Trinajstić information content (AvgIpc) is 2.27. The van der Waals surface area contributed by atoms with Crippen molar-refractivity contribution in [1.29, 1.82) is 5.26 Å². The predicted molar refractivity (Wildman–Crippen MR) is 59.1 cm³/mol. The SMILES string of the molecule is CCc1c(C#N)ccc(S)c1C(=O)OC. The molecule has 0 N–H and O–H groups in total. The van der Waals surface area contributed by atoms with Gasteiger partial charge in [-0.2, -0.15) is 5.26 Å². The lowest BCUT2D eigenvalue weighted by Crippen LogP contribution is -2.08. The zero-order valence-electron chi connectivity index (χ0n) is 8.57. The van der Waals surface area contributed by atoms with Crippen molar-refractivity contribution in [2.75, 3.05) is 7.11 Å². The fourth-order valence-corrected chi connectivity index (χ4v) is 1.74. The summed E-state index contributed by atoms with van der Waals surface area (Å²) in [5.41, 5.74) is 1.58. The predicted octanol–water partition coefficient (Wildman–Crippen LogP) is 2.20. The zero-order valence-corrected chi connectivity index (χ0v) is 9.47. The normalized spacial score (nSPS) is 9.47. The molecule has 3 nitrogen and oxygen atoms in total. The number of carbonyl (C=O) groups is 1. The van der Waals surface area contributed by atoms with Gasteiger partial charge in [-0.3, -0.25) is 0 Å². The molecule has 0 atom stereocenters. The highest BCUT2D eigenvalue weighted by molar-refractivity contribution is 7.80. The first-order chi connectivity index (χ1) is 7.15. The highest BCUT2D eigenvalue weighted by Crippen LogP contribution is 2.23. The van der Waals surface area contributed by atoms with E-state index in [0.717, 1.165) is 0 Å². The maximum Gasteiger partial charge on any atom is 0.339 e. The molecule has 0 aromatic heterocycles. The van der Waals surface area contributed by atoms with Crippen LogP contribution in [0.3, 0.4) is 0 Å². The first-order valence-corrected chi connectivity index (χ1v) is 4.93. The van der Waals surface area contributed by atoms with Crippen molar-refractivity contribution in [2.45, 2.75) is 18.2 Å². The minimum absolute atomic E-state index is 0.391. The Morgan fingerprint density at radius 1 is 1.60 bits per heavy atom. The van der Waals surface area contributed by atoms with E-state index in [1.165, 1.54) is 7.11 Å². The Hall–Kier alpha value is -1.47. The van der Waals surface area contributed by atoms with Gasteiger partial charge in [-0.25, -0.2) is 4.79 Å². The lowest BCUT2D eigenvalue weighted by molar-refractivity contribution is 0.0595. The molecular formula is C11H11NO2S. The van der Waals surface area contributed by atoms with E-state index in [2.05, 4.69) is 23.4 Å². The smallest absolute Gasteiger partial charge is 0.339 e. The highest BCUT2D eigenvalue weighted by atomic mass is 32.1. The van der Waals surface area contributed by atoms with Crippen molar-refractivity contribution in [3.05, 3.63) is 28.8 Å². The summed E-state index contributed by atoms with van der Waals surface area (Å²) >= 11 is 4.19. The monoisotopic (exact) mass is 221 g/mol. The van der Waals surface area contributed by atoms with Gasteiger partial charge in [0.05, 0.1) is 24.3 Å². The third-order valence-electron chi connectivity index (χ3n) is 2.15. The van der Waals surface area contributed by atoms with Crippen LogP contribution in [0.15, 0.2) is 17.0 Å². The summed E-state index contributed by atoms with van der Waals surface area (Å²) in [6.45, 7) is 1.88. The van der Waals surface area contributed by atoms with Gasteiger partial charge in [0.25, 0.3) is 0 Å². The molecule has 0 saturated carbocycles. The Kier molecular flexibility index (Phi) is 3.75. The number of methoxy groups -OCH3 is 1. The summed E-state index contributed by atoms with van der Waals surface area (Å²) < 4.78 is 4.66. The van der Waals surface area contributed by atoms with Gasteiger partial charge in [-0.15, -0.1) is 12.6 Å². The van der Waals surface area contributed by atoms with Crippen molar-refractivity contribution in [2.24, 2.45) is 0 Å². The van der Waals surface area contributed by atoms with Gasteiger partial charge in [0.2, 0.25) is 0 Å². The minimum atomic E-state index is -0.450. The fourth-order valence-electron chi connectivity index (χ4n) is 1.44. The van der Waals surface area contributed by atoms with Gasteiger partial charge in [-0.05, 0) is 24.1 Å². The van der Waals surface area contributed by atoms with E-state index in [-0.39, 0.29) is 0 Å². The average molecular weight is 221 g/mol. The van der Waals surface area contributed by atoms with Crippen molar-refractivity contribution >= 4 is 18.6 Å². The first kappa shape index (κ1) is 11.6. The molecule has 4 heteroatoms. The van der Waals surface area contributed by atoms with Crippen molar-refractivity contribution < 1.29 is 9.53 Å². The molecule has 0 fully saturated rings. The summed E-state index contributed by atoms with van der Waals surface area (Å²) in [7, 11) is 1.31. The minimum Gasteiger partial charge on any atom is -0.465 e. The third kappa shape index (κ3) is 2.13. The molecule has 15 heavy (non-hydrogen) atoms. The Morgan fingerprint density at radius 3 is 2.73 bits per heavy atom. The highest BCUT2D eigenvalue weighted by Gasteiger charge is 2.17. The van der Waals surface area contributed by atoms with Crippen molar-refractivity contribution in [3.63, 3.8) is 0 Å². The summed E-state index contributed by atoms with van der Waals surface area (Å²) in [4.78, 5) is 12.0. The van der Waals surface area contributed by atoms with Crippen LogP contribution in [-0.2, 0) is 11.2 Å². The summed E-state index contributed by atoms with van der Waals surface area (Å²) in [5.74, 6) is -0.450. The first-order valence-electron chi connectivity index (χ1n) is 4.49. The number of nitriles is 1. The molecule has 0 unspecified atom stereocenters. The molecule has 0 radical (unpaired) electrons. The molecule has 0 aliphatic heterocycles. The largest absolute Gasteiger partial charge is 0.465 e. The van der Waals surface area contributed by atoms with Crippen LogP contribution in [0.1, 0.15) is 28.4 Å². The number of carbonyl (C=O) groups excluding carboxylic acids is 1. The van der Waals surface area contributed by atoms with Crippen LogP contribution in [0.25, 0.3) is 0 Å². The van der Waals surface area contributed by atoms with Crippen molar-refractivity contribution in [1.82, 2.24) is 0 Å². The van der Waals surface area contributed by atoms with Crippen LogP contribution >= 0.6 is 12.6 Å². The Balaban J connectivity index is 3.47. The van der Waals surface area contributed by atoms with Gasteiger partial charge in [0, 0.05) is 4.90 Å². The fraction of sp³-hybridized carbons (Fsp3) is 0.273. The molecule has 0 heterocycles. The number of hydrogen-bond donors (Lipinski definition) is 1. The Morgan fingerprint density at radius 2 is 2.27 bits per heavy atom. The van der Waals surface area contributed by atoms with E-state index >= 15 is 0 Å². The molecule has 0 amide bonds. The van der Waals surface area contributed by atoms with Gasteiger partial charge >= 0.3 is 5.97 Å². The summed E-state index contributed by atoms with van der Waals surface area (Å²) in [5, 5.41) is 8.89. The van der Waals surface area contributed by atoms with E-state index in [1.54, 1.807) is 12.1 Å². The van der Waals surface area contributed by atoms with E-state index in [4.69, 9.17) is 5.26 Å². The number of hydrogen-bond acceptors (Lipinski definition) is 4. The molecule has 1 rings (SSSR count). The quantitative estimate of drug-likeness (QED) is 0.615. The van der Waals surface area contributed by atoms with Crippen LogP contribution in [0.2, 0.25) is 0 Å². The number of benzene rings is 1. The standard InChI is InChI=1S/C11H11NO2S/c1-3-8-7(6-12)4-5-9(15)10(8)11(13)14-2/h4-5,15H,3H2,1-2H3. The molecule has 0 spiro atoms. The molecule has 0 aliphatic rings. The van der Waals surface area contributed by atoms with Crippen LogP contribution in [0, 0.1) is 11.3 Å². The number of rotatable bonds is 2. The molecule has 0 saturated heterocycles. The number of nitrogens with zero attached hydrogens (tertiary/aromatic N) is 1. The Bertz CT molecular complexity index is 435. The maximum absolute atomic E-state index is 11.5. The van der Waals surface area contributed by atoms with Crippen LogP contribution in [0.4, 0.5) is 0 Å². The topological polar surface area (TPSA) is 50.1 Å². The Labute approximate surface area is 94.1 Å². The van der Waals surface area contributed by atoms with Crippen molar-refractivity contribution in [3.8, 4) is 6.07 Å². The number of esters is 1. The number of ether oxygens (including phenoxy) is 1. The van der Waals surface area contributed by atoms with E-state index in [1.807, 2.05) is 6.92 Å². The van der Waals surface area contributed by atoms with E-state index < -0.39 is 5.97 Å². The molecule has 78 valence electrons. The maximum atomic E-state index is 11.5. The zero-order chi connectivity index (χ0) is 11.4. The molecule has 0 bridgehead atoms. The second-order valence-corrected chi connectivity index (χ2v) is 3.42. The molecule has 0 aliphatic carbocycles. The van der Waals surface area contributed by atoms with Gasteiger partial charge in [-0.1, -0.05) is 6.92 Å². The van der Waals surface area contributed by atoms with E-state index in [0.29, 0.717) is 28.0 Å². The molecule has 1 aromatic carbocycles. The van der Waals surface area contributed by atoms with Gasteiger partial charge in [0.1, 0.15) is 0 Å². The van der Waals surface area contributed by atoms with Gasteiger partial charge in [0.15, 0.2) is 0 Å². The second kappa shape index (κ2) is 4.85. The lowest BCUT2D eigenvalue weighted by atomic mass is 9.99. The summed E-state index contributed by atoms with van der Waals surface area (Å²) in [6, 6.07) is 5.34. The lowest BCUT2D eigenvalue weighted by Gasteiger charge is -2.09. The van der Waals surface area contributed by atoms with Crippen LogP contribution < -0.4 is 0 Å². The van der Waals surface area contributed by atoms with Crippen LogP contribution in [0.5, 0.6) is 0 Å². The van der Waals surface area contributed by atoms with Crippen LogP contribution in [-0.4, -0.2) is 13.1 Å². The molecular weight excluding hydrogens is 210 g/mol. The molecule has 1 aromatic rings. The van der Waals surface area contributed by atoms with E-state index in [9.17, 15) is 4.79 Å². The van der Waals surface area contributed by atoms with Gasteiger partial charge < -0.3 is 4.74 Å². The summed E-state index contributed by atoms with van der Waals surface area (Å²) in [6.07, 6.45) is 0.599. The second-order valence-electron chi connectivity index (χ2n) is 2.94. The third-order valence-corrected chi connectivity index (χ3v) is 2.53.